The molecular weight excluding hydrogens is 194 g/mol. The van der Waals surface area contributed by atoms with Gasteiger partial charge < -0.3 is 10.1 Å². The molecule has 1 unspecified atom stereocenters. The van der Waals surface area contributed by atoms with E-state index in [4.69, 9.17) is 4.74 Å². The number of rotatable bonds is 5. The van der Waals surface area contributed by atoms with E-state index < -0.39 is 0 Å². The number of hydrogen-bond acceptors (Lipinski definition) is 3. The van der Waals surface area contributed by atoms with Crippen molar-refractivity contribution in [2.45, 2.75) is 17.9 Å². The van der Waals surface area contributed by atoms with Gasteiger partial charge in [-0.05, 0) is 44.5 Å². The molecule has 0 spiro atoms. The standard InChI is InChI=1S/C11H17NOS/c1-9(8-12-2)13-10-4-6-11(14-3)7-5-10/h4-7,9,12H,8H2,1-3H3. The summed E-state index contributed by atoms with van der Waals surface area (Å²) in [4.78, 5) is 1.26. The second-order valence-corrected chi connectivity index (χ2v) is 4.04. The highest BCUT2D eigenvalue weighted by Gasteiger charge is 2.01. The smallest absolute Gasteiger partial charge is 0.119 e. The summed E-state index contributed by atoms with van der Waals surface area (Å²) in [6.07, 6.45) is 2.28. The van der Waals surface area contributed by atoms with E-state index in [1.807, 2.05) is 19.2 Å². The number of likely N-dealkylation sites (N-methyl/N-ethyl adjacent to an activating group) is 1. The number of ether oxygens (including phenoxy) is 1. The van der Waals surface area contributed by atoms with Gasteiger partial charge in [-0.15, -0.1) is 11.8 Å². The molecule has 3 heteroatoms. The first-order valence-electron chi connectivity index (χ1n) is 4.71. The maximum absolute atomic E-state index is 5.68. The van der Waals surface area contributed by atoms with Gasteiger partial charge in [0.1, 0.15) is 11.9 Å². The third kappa shape index (κ3) is 3.60. The van der Waals surface area contributed by atoms with Crippen LogP contribution in [0.3, 0.4) is 0 Å². The van der Waals surface area contributed by atoms with Gasteiger partial charge in [-0.3, -0.25) is 0 Å². The summed E-state index contributed by atoms with van der Waals surface area (Å²) in [5, 5.41) is 3.08. The lowest BCUT2D eigenvalue weighted by atomic mass is 10.3. The minimum atomic E-state index is 0.208. The lowest BCUT2D eigenvalue weighted by Crippen LogP contribution is -2.25. The number of benzene rings is 1. The summed E-state index contributed by atoms with van der Waals surface area (Å²) < 4.78 is 5.68. The van der Waals surface area contributed by atoms with Crippen molar-refractivity contribution >= 4 is 11.8 Å². The van der Waals surface area contributed by atoms with Crippen LogP contribution in [-0.4, -0.2) is 26.0 Å². The average molecular weight is 211 g/mol. The van der Waals surface area contributed by atoms with Crippen LogP contribution in [0.5, 0.6) is 5.75 Å². The molecule has 0 fully saturated rings. The highest BCUT2D eigenvalue weighted by molar-refractivity contribution is 7.98. The van der Waals surface area contributed by atoms with Crippen LogP contribution in [0.4, 0.5) is 0 Å². The molecular formula is C11H17NOS. The van der Waals surface area contributed by atoms with Crippen LogP contribution >= 0.6 is 11.8 Å². The second kappa shape index (κ2) is 5.94. The highest BCUT2D eigenvalue weighted by atomic mass is 32.2. The van der Waals surface area contributed by atoms with Crippen LogP contribution in [0, 0.1) is 0 Å². The fourth-order valence-electron chi connectivity index (χ4n) is 1.22. The van der Waals surface area contributed by atoms with Gasteiger partial charge in [-0.2, -0.15) is 0 Å². The Balaban J connectivity index is 2.50. The van der Waals surface area contributed by atoms with Gasteiger partial charge in [0.25, 0.3) is 0 Å². The van der Waals surface area contributed by atoms with Gasteiger partial charge >= 0.3 is 0 Å². The zero-order chi connectivity index (χ0) is 10.4. The first kappa shape index (κ1) is 11.4. The van der Waals surface area contributed by atoms with Crippen molar-refractivity contribution in [2.24, 2.45) is 0 Å². The first-order chi connectivity index (χ1) is 6.76. The van der Waals surface area contributed by atoms with E-state index in [9.17, 15) is 0 Å². The fraction of sp³-hybridized carbons (Fsp3) is 0.455. The lowest BCUT2D eigenvalue weighted by Gasteiger charge is -2.14. The molecule has 78 valence electrons. The highest BCUT2D eigenvalue weighted by Crippen LogP contribution is 2.19. The van der Waals surface area contributed by atoms with Crippen molar-refractivity contribution in [2.75, 3.05) is 19.8 Å². The van der Waals surface area contributed by atoms with E-state index in [-0.39, 0.29) is 6.10 Å². The minimum Gasteiger partial charge on any atom is -0.489 e. The monoisotopic (exact) mass is 211 g/mol. The van der Waals surface area contributed by atoms with E-state index in [1.54, 1.807) is 11.8 Å². The maximum Gasteiger partial charge on any atom is 0.119 e. The molecule has 0 aliphatic heterocycles. The van der Waals surface area contributed by atoms with Gasteiger partial charge in [-0.25, -0.2) is 0 Å². The molecule has 0 aromatic heterocycles. The molecule has 14 heavy (non-hydrogen) atoms. The third-order valence-electron chi connectivity index (χ3n) is 1.89. The molecule has 0 radical (unpaired) electrons. The molecule has 0 saturated carbocycles. The molecule has 0 heterocycles. The Morgan fingerprint density at radius 2 is 2.00 bits per heavy atom. The van der Waals surface area contributed by atoms with Crippen molar-refractivity contribution in [1.82, 2.24) is 5.32 Å². The van der Waals surface area contributed by atoms with Gasteiger partial charge in [0.2, 0.25) is 0 Å². The molecule has 1 N–H and O–H groups in total. The van der Waals surface area contributed by atoms with Crippen molar-refractivity contribution < 1.29 is 4.74 Å². The van der Waals surface area contributed by atoms with Crippen LogP contribution in [0.2, 0.25) is 0 Å². The molecule has 1 aromatic carbocycles. The summed E-state index contributed by atoms with van der Waals surface area (Å²) >= 11 is 1.74. The topological polar surface area (TPSA) is 21.3 Å². The molecule has 0 aliphatic carbocycles. The molecule has 1 atom stereocenters. The summed E-state index contributed by atoms with van der Waals surface area (Å²) in [5.74, 6) is 0.936. The Kier molecular flexibility index (Phi) is 4.84. The van der Waals surface area contributed by atoms with Gasteiger partial charge in [-0.1, -0.05) is 0 Å². The van der Waals surface area contributed by atoms with Gasteiger partial charge in [0.05, 0.1) is 0 Å². The molecule has 0 aliphatic rings. The molecule has 0 amide bonds. The Morgan fingerprint density at radius 3 is 2.50 bits per heavy atom. The van der Waals surface area contributed by atoms with Crippen LogP contribution in [-0.2, 0) is 0 Å². The quantitative estimate of drug-likeness (QED) is 0.756. The first-order valence-corrected chi connectivity index (χ1v) is 5.94. The number of nitrogens with one attached hydrogen (secondary N) is 1. The van der Waals surface area contributed by atoms with E-state index in [2.05, 4.69) is 30.6 Å². The summed E-state index contributed by atoms with van der Waals surface area (Å²) in [6, 6.07) is 8.17. The maximum atomic E-state index is 5.68. The van der Waals surface area contributed by atoms with E-state index in [1.165, 1.54) is 4.90 Å². The largest absolute Gasteiger partial charge is 0.489 e. The van der Waals surface area contributed by atoms with Crippen LogP contribution in [0.1, 0.15) is 6.92 Å². The predicted octanol–water partition coefficient (Wildman–Crippen LogP) is 2.40. The molecule has 0 saturated heterocycles. The van der Waals surface area contributed by atoms with E-state index in [0.29, 0.717) is 0 Å². The van der Waals surface area contributed by atoms with Crippen molar-refractivity contribution in [3.8, 4) is 5.75 Å². The Bertz CT molecular complexity index is 260. The van der Waals surface area contributed by atoms with Crippen LogP contribution in [0.25, 0.3) is 0 Å². The number of hydrogen-bond donors (Lipinski definition) is 1. The Labute approximate surface area is 90.0 Å². The molecule has 2 nitrogen and oxygen atoms in total. The average Bonchev–Trinajstić information content (AvgIpc) is 2.19. The van der Waals surface area contributed by atoms with E-state index >= 15 is 0 Å². The van der Waals surface area contributed by atoms with Gasteiger partial charge in [0, 0.05) is 11.4 Å². The summed E-state index contributed by atoms with van der Waals surface area (Å²) in [5.41, 5.74) is 0. The lowest BCUT2D eigenvalue weighted by molar-refractivity contribution is 0.220. The van der Waals surface area contributed by atoms with Crippen molar-refractivity contribution in [3.05, 3.63) is 24.3 Å². The fourth-order valence-corrected chi connectivity index (χ4v) is 1.62. The van der Waals surface area contributed by atoms with E-state index in [0.717, 1.165) is 12.3 Å². The second-order valence-electron chi connectivity index (χ2n) is 3.16. The van der Waals surface area contributed by atoms with Crippen LogP contribution < -0.4 is 10.1 Å². The van der Waals surface area contributed by atoms with Crippen molar-refractivity contribution in [1.29, 1.82) is 0 Å². The zero-order valence-electron chi connectivity index (χ0n) is 8.91. The number of thioether (sulfide) groups is 1. The summed E-state index contributed by atoms with van der Waals surface area (Å²) in [7, 11) is 1.93. The third-order valence-corrected chi connectivity index (χ3v) is 2.63. The molecule has 0 bridgehead atoms. The van der Waals surface area contributed by atoms with Gasteiger partial charge in [0.15, 0.2) is 0 Å². The Hall–Kier alpha value is -0.670. The SMILES string of the molecule is CNCC(C)Oc1ccc(SC)cc1. The van der Waals surface area contributed by atoms with Crippen LogP contribution in [0.15, 0.2) is 29.2 Å². The van der Waals surface area contributed by atoms with Crippen molar-refractivity contribution in [3.63, 3.8) is 0 Å². The minimum absolute atomic E-state index is 0.208. The summed E-state index contributed by atoms with van der Waals surface area (Å²) in [6.45, 7) is 2.92. The molecule has 1 aromatic rings. The normalized spacial score (nSPS) is 12.5. The molecule has 1 rings (SSSR count). The zero-order valence-corrected chi connectivity index (χ0v) is 9.73. The Morgan fingerprint density at radius 1 is 1.36 bits per heavy atom. The predicted molar refractivity (Wildman–Crippen MR) is 62.2 cm³/mol.